The molecule has 2 aromatic rings. The number of benzene rings is 2. The molecule has 0 unspecified atom stereocenters. The van der Waals surface area contributed by atoms with Crippen LogP contribution in [0.2, 0.25) is 0 Å². The molecule has 158 valence electrons. The number of amides is 4. The maximum atomic E-state index is 12.9. The number of hydrogen-bond donors (Lipinski definition) is 2. The number of halogens is 2. The van der Waals surface area contributed by atoms with Crippen LogP contribution >= 0.6 is 0 Å². The van der Waals surface area contributed by atoms with E-state index in [4.69, 9.17) is 0 Å². The first kappa shape index (κ1) is 21.2. The second-order valence-corrected chi connectivity index (χ2v) is 7.22. The first-order valence-corrected chi connectivity index (χ1v) is 9.17. The number of hydrogen-bond acceptors (Lipinski definition) is 4. The van der Waals surface area contributed by atoms with Crippen LogP contribution in [-0.4, -0.2) is 35.9 Å². The van der Waals surface area contributed by atoms with Gasteiger partial charge in [0.15, 0.2) is 0 Å². The van der Waals surface area contributed by atoms with Crippen molar-refractivity contribution in [3.05, 3.63) is 59.2 Å². The predicted octanol–water partition coefficient (Wildman–Crippen LogP) is 3.31. The summed E-state index contributed by atoms with van der Waals surface area (Å²) >= 11 is 0. The van der Waals surface area contributed by atoms with E-state index in [0.717, 1.165) is 16.0 Å². The third-order valence-corrected chi connectivity index (χ3v) is 4.90. The Bertz CT molecular complexity index is 994. The molecule has 9 heteroatoms. The van der Waals surface area contributed by atoms with E-state index in [1.165, 1.54) is 31.2 Å². The van der Waals surface area contributed by atoms with Crippen molar-refractivity contribution >= 4 is 23.5 Å². The minimum atomic E-state index is -2.97. The van der Waals surface area contributed by atoms with Crippen molar-refractivity contribution < 1.29 is 27.9 Å². The lowest BCUT2D eigenvalue weighted by atomic mass is 9.92. The molecule has 0 spiro atoms. The summed E-state index contributed by atoms with van der Waals surface area (Å²) in [4.78, 5) is 38.6. The molecule has 4 amide bonds. The number of aryl methyl sites for hydroxylation is 2. The SMILES string of the molecule is Cc1ccc(C)c(NC(=O)CN2C(=O)N[C@](C)(c3ccc(OC(F)F)cc3)C2=O)c1. The average molecular weight is 417 g/mol. The number of carbonyl (C=O) groups excluding carboxylic acids is 3. The second-order valence-electron chi connectivity index (χ2n) is 7.22. The fourth-order valence-corrected chi connectivity index (χ4v) is 3.21. The van der Waals surface area contributed by atoms with Crippen molar-refractivity contribution in [2.24, 2.45) is 0 Å². The van der Waals surface area contributed by atoms with Gasteiger partial charge in [0.2, 0.25) is 5.91 Å². The molecule has 0 bridgehead atoms. The first-order valence-electron chi connectivity index (χ1n) is 9.17. The van der Waals surface area contributed by atoms with Crippen LogP contribution in [0.1, 0.15) is 23.6 Å². The third kappa shape index (κ3) is 4.24. The summed E-state index contributed by atoms with van der Waals surface area (Å²) in [5.74, 6) is -1.21. The number of urea groups is 1. The standard InChI is InChI=1S/C21H21F2N3O4/c1-12-4-5-13(2)16(10-12)24-17(27)11-26-18(28)21(3,25-20(26)29)14-6-8-15(9-7-14)30-19(22)23/h4-10,19H,11H2,1-3H3,(H,24,27)(H,25,29)/t21-/m1/s1. The molecule has 0 aromatic heterocycles. The molecule has 0 aliphatic carbocycles. The molecule has 2 aromatic carbocycles. The van der Waals surface area contributed by atoms with Crippen LogP contribution < -0.4 is 15.4 Å². The lowest BCUT2D eigenvalue weighted by Gasteiger charge is -2.22. The highest BCUT2D eigenvalue weighted by atomic mass is 19.3. The molecule has 30 heavy (non-hydrogen) atoms. The molecule has 1 fully saturated rings. The van der Waals surface area contributed by atoms with Crippen molar-refractivity contribution in [1.29, 1.82) is 0 Å². The van der Waals surface area contributed by atoms with Gasteiger partial charge in [-0.25, -0.2) is 4.79 Å². The molecule has 1 heterocycles. The number of carbonyl (C=O) groups is 3. The number of nitrogens with zero attached hydrogens (tertiary/aromatic N) is 1. The minimum Gasteiger partial charge on any atom is -0.435 e. The van der Waals surface area contributed by atoms with E-state index in [1.54, 1.807) is 6.07 Å². The second kappa shape index (κ2) is 8.10. The molecule has 1 saturated heterocycles. The molecular formula is C21H21F2N3O4. The zero-order valence-electron chi connectivity index (χ0n) is 16.7. The van der Waals surface area contributed by atoms with E-state index in [9.17, 15) is 23.2 Å². The molecule has 1 atom stereocenters. The maximum absolute atomic E-state index is 12.9. The Labute approximate surface area is 172 Å². The van der Waals surface area contributed by atoms with E-state index in [1.807, 2.05) is 26.0 Å². The summed E-state index contributed by atoms with van der Waals surface area (Å²) in [5, 5.41) is 5.28. The minimum absolute atomic E-state index is 0.0705. The first-order chi connectivity index (χ1) is 14.1. The van der Waals surface area contributed by atoms with Gasteiger partial charge >= 0.3 is 12.6 Å². The zero-order chi connectivity index (χ0) is 22.1. The quantitative estimate of drug-likeness (QED) is 0.706. The van der Waals surface area contributed by atoms with Gasteiger partial charge in [-0.3, -0.25) is 14.5 Å². The van der Waals surface area contributed by atoms with Crippen molar-refractivity contribution in [2.45, 2.75) is 32.9 Å². The van der Waals surface area contributed by atoms with Gasteiger partial charge in [-0.1, -0.05) is 24.3 Å². The van der Waals surface area contributed by atoms with Gasteiger partial charge < -0.3 is 15.4 Å². The summed E-state index contributed by atoms with van der Waals surface area (Å²) in [6, 6.07) is 10.2. The third-order valence-electron chi connectivity index (χ3n) is 4.90. The van der Waals surface area contributed by atoms with Crippen molar-refractivity contribution in [3.63, 3.8) is 0 Å². The van der Waals surface area contributed by atoms with Crippen molar-refractivity contribution in [2.75, 3.05) is 11.9 Å². The van der Waals surface area contributed by atoms with Crippen molar-refractivity contribution in [3.8, 4) is 5.75 Å². The summed E-state index contributed by atoms with van der Waals surface area (Å²) in [6.07, 6.45) is 0. The predicted molar refractivity (Wildman–Crippen MR) is 105 cm³/mol. The van der Waals surface area contributed by atoms with E-state index in [-0.39, 0.29) is 5.75 Å². The monoisotopic (exact) mass is 417 g/mol. The van der Waals surface area contributed by atoms with Gasteiger partial charge in [-0.05, 0) is 55.7 Å². The number of nitrogens with one attached hydrogen (secondary N) is 2. The van der Waals surface area contributed by atoms with Gasteiger partial charge in [0.25, 0.3) is 5.91 Å². The molecule has 0 saturated carbocycles. The van der Waals surface area contributed by atoms with Gasteiger partial charge in [-0.2, -0.15) is 8.78 Å². The van der Waals surface area contributed by atoms with E-state index < -0.39 is 36.5 Å². The number of ether oxygens (including phenoxy) is 1. The molecular weight excluding hydrogens is 396 g/mol. The van der Waals surface area contributed by atoms with Crippen LogP contribution in [0.25, 0.3) is 0 Å². The topological polar surface area (TPSA) is 87.7 Å². The van der Waals surface area contributed by atoms with E-state index >= 15 is 0 Å². The van der Waals surface area contributed by atoms with Gasteiger partial charge in [0.1, 0.15) is 17.8 Å². The number of rotatable bonds is 6. The lowest BCUT2D eigenvalue weighted by molar-refractivity contribution is -0.133. The van der Waals surface area contributed by atoms with Crippen LogP contribution in [-0.2, 0) is 15.1 Å². The Hall–Kier alpha value is -3.49. The molecule has 7 nitrogen and oxygen atoms in total. The summed E-state index contributed by atoms with van der Waals surface area (Å²) < 4.78 is 28.9. The van der Waals surface area contributed by atoms with Crippen LogP contribution in [0.15, 0.2) is 42.5 Å². The maximum Gasteiger partial charge on any atom is 0.387 e. The van der Waals surface area contributed by atoms with Crippen LogP contribution in [0.5, 0.6) is 5.75 Å². The Morgan fingerprint density at radius 2 is 1.83 bits per heavy atom. The molecule has 3 rings (SSSR count). The largest absolute Gasteiger partial charge is 0.435 e. The Kier molecular flexibility index (Phi) is 5.73. The number of anilines is 1. The highest BCUT2D eigenvalue weighted by Crippen LogP contribution is 2.30. The van der Waals surface area contributed by atoms with E-state index in [0.29, 0.717) is 11.3 Å². The van der Waals surface area contributed by atoms with Crippen LogP contribution in [0, 0.1) is 13.8 Å². The smallest absolute Gasteiger partial charge is 0.387 e. The molecule has 0 radical (unpaired) electrons. The average Bonchev–Trinajstić information content (AvgIpc) is 2.89. The Morgan fingerprint density at radius 3 is 2.47 bits per heavy atom. The van der Waals surface area contributed by atoms with Crippen LogP contribution in [0.4, 0.5) is 19.3 Å². The fourth-order valence-electron chi connectivity index (χ4n) is 3.21. The van der Waals surface area contributed by atoms with Gasteiger partial charge in [0, 0.05) is 5.69 Å². The van der Waals surface area contributed by atoms with Gasteiger partial charge in [0.05, 0.1) is 0 Å². The molecule has 2 N–H and O–H groups in total. The summed E-state index contributed by atoms with van der Waals surface area (Å²) in [5.41, 5.74) is 1.35. The zero-order valence-corrected chi connectivity index (χ0v) is 16.7. The number of alkyl halides is 2. The number of imide groups is 1. The molecule has 1 aliphatic heterocycles. The van der Waals surface area contributed by atoms with Crippen LogP contribution in [0.3, 0.4) is 0 Å². The normalized spacial score (nSPS) is 18.5. The highest BCUT2D eigenvalue weighted by molar-refractivity contribution is 6.10. The Morgan fingerprint density at radius 1 is 1.17 bits per heavy atom. The summed E-state index contributed by atoms with van der Waals surface area (Å²) in [7, 11) is 0. The Balaban J connectivity index is 1.73. The molecule has 1 aliphatic rings. The lowest BCUT2D eigenvalue weighted by Crippen LogP contribution is -2.42. The summed E-state index contributed by atoms with van der Waals surface area (Å²) in [6.45, 7) is 1.78. The van der Waals surface area contributed by atoms with E-state index in [2.05, 4.69) is 15.4 Å². The van der Waals surface area contributed by atoms with Gasteiger partial charge in [-0.15, -0.1) is 0 Å². The van der Waals surface area contributed by atoms with Crippen molar-refractivity contribution in [1.82, 2.24) is 10.2 Å². The highest BCUT2D eigenvalue weighted by Gasteiger charge is 2.49. The fraction of sp³-hybridized carbons (Fsp3) is 0.286.